The number of nitrogens with zero attached hydrogens (tertiary/aromatic N) is 3. The zero-order valence-corrected chi connectivity index (χ0v) is 24.5. The van der Waals surface area contributed by atoms with Crippen LogP contribution in [-0.2, 0) is 31.6 Å². The number of halogens is 1. The Morgan fingerprint density at radius 3 is 2.84 bits per heavy atom. The number of hydrogen-bond acceptors (Lipinski definition) is 8. The molecule has 38 heavy (non-hydrogen) atoms. The summed E-state index contributed by atoms with van der Waals surface area (Å²) >= 11 is 5.45. The number of aromatic nitrogens is 2. The third kappa shape index (κ3) is 6.16. The fourth-order valence-corrected chi connectivity index (χ4v) is 7.16. The van der Waals surface area contributed by atoms with Gasteiger partial charge in [-0.3, -0.25) is 9.59 Å². The molecule has 2 aromatic heterocycles. The fourth-order valence-electron chi connectivity index (χ4n) is 4.61. The first-order valence-electron chi connectivity index (χ1n) is 12.2. The van der Waals surface area contributed by atoms with Crippen LogP contribution in [0.5, 0.6) is 0 Å². The molecular weight excluding hydrogens is 635 g/mol. The Morgan fingerprint density at radius 2 is 2.08 bits per heavy atom. The fraction of sp³-hybridized carbons (Fsp3) is 0.333. The number of thiazole rings is 2. The van der Waals surface area contributed by atoms with Crippen LogP contribution in [0.4, 0.5) is 10.8 Å². The molecule has 2 N–H and O–H groups in total. The number of para-hydroxylation sites is 1. The maximum Gasteiger partial charge on any atom is 0.303 e. The maximum absolute atomic E-state index is 13.5. The lowest BCUT2D eigenvalue weighted by molar-refractivity contribution is -0.137. The van der Waals surface area contributed by atoms with E-state index in [0.717, 1.165) is 46.5 Å². The van der Waals surface area contributed by atoms with Crippen LogP contribution in [0, 0.1) is 0 Å². The molecule has 1 amide bonds. The van der Waals surface area contributed by atoms with Gasteiger partial charge in [0.25, 0.3) is 0 Å². The minimum absolute atomic E-state index is 0.0307. The summed E-state index contributed by atoms with van der Waals surface area (Å²) in [5.41, 5.74) is 4.04. The number of carbonyl (C=O) groups is 2. The molecule has 1 fully saturated rings. The number of alkyl halides is 1. The third-order valence-corrected chi connectivity index (χ3v) is 9.49. The highest BCUT2D eigenvalue weighted by Crippen LogP contribution is 2.37. The highest BCUT2D eigenvalue weighted by Gasteiger charge is 2.38. The average molecular weight is 663 g/mol. The summed E-state index contributed by atoms with van der Waals surface area (Å²) in [5.74, 6) is -0.799. The van der Waals surface area contributed by atoms with Gasteiger partial charge < -0.3 is 20.1 Å². The summed E-state index contributed by atoms with van der Waals surface area (Å²) in [7, 11) is 1.67. The smallest absolute Gasteiger partial charge is 0.303 e. The SMILES string of the molecule is CO[C@H]1C[C@@H](c2ncc(CCC(=O)O)s2)N(C(=O)Cc2ccc(Nc3nc4ccccc4s3)c(CI)c2)C1. The molecule has 2 aromatic carbocycles. The molecule has 198 valence electrons. The molecule has 1 aliphatic rings. The van der Waals surface area contributed by atoms with E-state index in [1.165, 1.54) is 11.3 Å². The van der Waals surface area contributed by atoms with Gasteiger partial charge in [0.05, 0.1) is 35.2 Å². The molecule has 0 saturated carbocycles. The summed E-state index contributed by atoms with van der Waals surface area (Å²) < 4.78 is 7.53. The van der Waals surface area contributed by atoms with Gasteiger partial charge in [0.15, 0.2) is 5.13 Å². The van der Waals surface area contributed by atoms with E-state index in [-0.39, 0.29) is 30.9 Å². The molecule has 11 heteroatoms. The Bertz CT molecular complexity index is 1420. The minimum atomic E-state index is -0.829. The monoisotopic (exact) mass is 662 g/mol. The van der Waals surface area contributed by atoms with Crippen molar-refractivity contribution in [3.05, 3.63) is 69.7 Å². The van der Waals surface area contributed by atoms with Crippen molar-refractivity contribution in [3.63, 3.8) is 0 Å². The zero-order chi connectivity index (χ0) is 26.6. The molecule has 3 heterocycles. The number of hydrogen-bond donors (Lipinski definition) is 2. The molecule has 5 rings (SSSR count). The summed E-state index contributed by atoms with van der Waals surface area (Å²) in [5, 5.41) is 14.1. The van der Waals surface area contributed by atoms with Crippen LogP contribution in [0.3, 0.4) is 0 Å². The molecule has 4 aromatic rings. The minimum Gasteiger partial charge on any atom is -0.481 e. The van der Waals surface area contributed by atoms with Crippen molar-refractivity contribution in [2.75, 3.05) is 19.0 Å². The molecule has 1 saturated heterocycles. The van der Waals surface area contributed by atoms with E-state index < -0.39 is 5.97 Å². The first-order chi connectivity index (χ1) is 18.4. The third-order valence-electron chi connectivity index (χ3n) is 6.56. The number of anilines is 2. The molecule has 0 radical (unpaired) electrons. The maximum atomic E-state index is 13.5. The standard InChI is InChI=1S/C27H27IN4O4S2/c1-36-18-12-22(26-29-14-19(37-26)7-9-25(34)35)32(15-18)24(33)11-16-6-8-20(17(10-16)13-28)30-27-31-21-4-2-3-5-23(21)38-27/h2-6,8,10,14,18,22H,7,9,11-13,15H2,1H3,(H,30,31)(H,34,35)/t18-,22-/m0/s1. The van der Waals surface area contributed by atoms with E-state index in [1.807, 2.05) is 35.2 Å². The Balaban J connectivity index is 1.30. The molecule has 0 spiro atoms. The van der Waals surface area contributed by atoms with Gasteiger partial charge in [0, 0.05) is 41.3 Å². The number of carboxylic acids is 1. The number of likely N-dealkylation sites (tertiary alicyclic amines) is 1. The number of fused-ring (bicyclic) bond motifs is 1. The van der Waals surface area contributed by atoms with Crippen LogP contribution in [0.1, 0.15) is 39.9 Å². The predicted molar refractivity (Wildman–Crippen MR) is 159 cm³/mol. The second-order valence-corrected chi connectivity index (χ2v) is 12.1. The van der Waals surface area contributed by atoms with Crippen LogP contribution in [0.25, 0.3) is 10.2 Å². The van der Waals surface area contributed by atoms with E-state index in [1.54, 1.807) is 24.6 Å². The highest BCUT2D eigenvalue weighted by atomic mass is 127. The van der Waals surface area contributed by atoms with Gasteiger partial charge in [-0.05, 0) is 35.7 Å². The van der Waals surface area contributed by atoms with Crippen molar-refractivity contribution in [2.45, 2.75) is 42.3 Å². The topological polar surface area (TPSA) is 105 Å². The number of nitrogens with one attached hydrogen (secondary N) is 1. The van der Waals surface area contributed by atoms with Crippen LogP contribution >= 0.6 is 45.3 Å². The number of amides is 1. The molecule has 0 aliphatic carbocycles. The predicted octanol–water partition coefficient (Wildman–Crippen LogP) is 5.98. The average Bonchev–Trinajstić information content (AvgIpc) is 3.65. The van der Waals surface area contributed by atoms with Crippen LogP contribution in [-0.4, -0.2) is 51.6 Å². The second-order valence-electron chi connectivity index (χ2n) is 9.13. The van der Waals surface area contributed by atoms with E-state index >= 15 is 0 Å². The number of rotatable bonds is 10. The summed E-state index contributed by atoms with van der Waals surface area (Å²) in [6.45, 7) is 0.514. The van der Waals surface area contributed by atoms with Gasteiger partial charge in [0.2, 0.25) is 5.91 Å². The lowest BCUT2D eigenvalue weighted by Gasteiger charge is -2.23. The summed E-state index contributed by atoms with van der Waals surface area (Å²) in [6.07, 6.45) is 3.15. The summed E-state index contributed by atoms with van der Waals surface area (Å²) in [6, 6.07) is 14.0. The second kappa shape index (κ2) is 12.1. The van der Waals surface area contributed by atoms with Crippen molar-refractivity contribution in [1.82, 2.24) is 14.9 Å². The van der Waals surface area contributed by atoms with E-state index in [4.69, 9.17) is 9.84 Å². The largest absolute Gasteiger partial charge is 0.481 e. The molecule has 8 nitrogen and oxygen atoms in total. The van der Waals surface area contributed by atoms with Crippen molar-refractivity contribution >= 4 is 78.2 Å². The van der Waals surface area contributed by atoms with Crippen LogP contribution in [0.15, 0.2) is 48.7 Å². The number of aryl methyl sites for hydroxylation is 1. The van der Waals surface area contributed by atoms with Crippen molar-refractivity contribution in [3.8, 4) is 0 Å². The number of aliphatic carboxylic acids is 1. The summed E-state index contributed by atoms with van der Waals surface area (Å²) in [4.78, 5) is 36.4. The molecular formula is C27H27IN4O4S2. The lowest BCUT2D eigenvalue weighted by atomic mass is 10.1. The Kier molecular flexibility index (Phi) is 8.56. The van der Waals surface area contributed by atoms with E-state index in [9.17, 15) is 9.59 Å². The first kappa shape index (κ1) is 27.0. The molecule has 2 atom stereocenters. The quantitative estimate of drug-likeness (QED) is 0.159. The normalized spacial score (nSPS) is 17.3. The van der Waals surface area contributed by atoms with Gasteiger partial charge >= 0.3 is 5.97 Å². The van der Waals surface area contributed by atoms with Crippen molar-refractivity contribution in [1.29, 1.82) is 0 Å². The number of carbonyl (C=O) groups excluding carboxylic acids is 1. The number of ether oxygens (including phenoxy) is 1. The van der Waals surface area contributed by atoms with E-state index in [0.29, 0.717) is 19.4 Å². The number of benzene rings is 2. The Hall–Kier alpha value is -2.61. The van der Waals surface area contributed by atoms with Crippen molar-refractivity contribution in [2.24, 2.45) is 0 Å². The lowest BCUT2D eigenvalue weighted by Crippen LogP contribution is -2.33. The first-order valence-corrected chi connectivity index (χ1v) is 15.4. The number of carboxylic acid groups (broad SMARTS) is 1. The zero-order valence-electron chi connectivity index (χ0n) is 20.7. The van der Waals surface area contributed by atoms with Gasteiger partial charge in [-0.25, -0.2) is 9.97 Å². The van der Waals surface area contributed by atoms with Gasteiger partial charge in [-0.15, -0.1) is 11.3 Å². The molecule has 0 unspecified atom stereocenters. The van der Waals surface area contributed by atoms with Crippen LogP contribution < -0.4 is 5.32 Å². The van der Waals surface area contributed by atoms with Crippen LogP contribution in [0.2, 0.25) is 0 Å². The van der Waals surface area contributed by atoms with E-state index in [2.05, 4.69) is 50.0 Å². The van der Waals surface area contributed by atoms with Crippen molar-refractivity contribution < 1.29 is 19.4 Å². The molecule has 1 aliphatic heterocycles. The van der Waals surface area contributed by atoms with Gasteiger partial charge in [-0.2, -0.15) is 0 Å². The molecule has 0 bridgehead atoms. The Labute approximate surface area is 242 Å². The number of methoxy groups -OCH3 is 1. The highest BCUT2D eigenvalue weighted by molar-refractivity contribution is 14.1. The van der Waals surface area contributed by atoms with Gasteiger partial charge in [0.1, 0.15) is 5.01 Å². The van der Waals surface area contributed by atoms with Gasteiger partial charge in [-0.1, -0.05) is 58.2 Å². The Morgan fingerprint density at radius 1 is 1.24 bits per heavy atom.